The largest absolute Gasteiger partial charge is 0.469 e. The maximum Gasteiger partial charge on any atom is 0.305 e. The molecule has 7 heteroatoms. The predicted octanol–water partition coefficient (Wildman–Crippen LogP) is 3.70. The van der Waals surface area contributed by atoms with Crippen molar-refractivity contribution in [3.63, 3.8) is 0 Å². The third kappa shape index (κ3) is 3.68. The molecular formula is C17H16N2O3S2. The molecule has 0 bridgehead atoms. The van der Waals surface area contributed by atoms with Gasteiger partial charge in [-0.3, -0.25) is 9.59 Å². The molecule has 0 unspecified atom stereocenters. The highest BCUT2D eigenvalue weighted by Crippen LogP contribution is 2.31. The first-order valence-corrected chi connectivity index (χ1v) is 9.32. The molecule has 0 fully saturated rings. The van der Waals surface area contributed by atoms with E-state index in [4.69, 9.17) is 0 Å². The number of carbonyl (C=O) groups excluding carboxylic acids is 1. The molecule has 0 radical (unpaired) electrons. The number of thiophene rings is 1. The summed E-state index contributed by atoms with van der Waals surface area (Å²) in [6.07, 6.45) is 1.05. The third-order valence-electron chi connectivity index (χ3n) is 3.50. The number of ether oxygens (including phenoxy) is 1. The number of aromatic amines is 1. The minimum atomic E-state index is -0.224. The SMILES string of the molecule is COC(=O)CCCSc1nc2scc(-c3ccccc3)c2c(=O)[nH]1. The highest BCUT2D eigenvalue weighted by atomic mass is 32.2. The second-order valence-electron chi connectivity index (χ2n) is 5.09. The molecule has 0 atom stereocenters. The van der Waals surface area contributed by atoms with E-state index in [-0.39, 0.29) is 11.5 Å². The molecule has 0 saturated carbocycles. The van der Waals surface area contributed by atoms with Gasteiger partial charge < -0.3 is 9.72 Å². The van der Waals surface area contributed by atoms with E-state index in [1.54, 1.807) is 0 Å². The van der Waals surface area contributed by atoms with E-state index in [1.807, 2.05) is 35.7 Å². The summed E-state index contributed by atoms with van der Waals surface area (Å²) in [4.78, 5) is 31.6. The van der Waals surface area contributed by atoms with Crippen molar-refractivity contribution in [1.29, 1.82) is 0 Å². The molecule has 3 rings (SSSR count). The number of fused-ring (bicyclic) bond motifs is 1. The highest BCUT2D eigenvalue weighted by Gasteiger charge is 2.13. The van der Waals surface area contributed by atoms with Gasteiger partial charge in [-0.1, -0.05) is 42.1 Å². The molecule has 1 aromatic carbocycles. The van der Waals surface area contributed by atoms with Crippen molar-refractivity contribution in [2.75, 3.05) is 12.9 Å². The van der Waals surface area contributed by atoms with Gasteiger partial charge in [0.25, 0.3) is 5.56 Å². The number of methoxy groups -OCH3 is 1. The number of benzene rings is 1. The van der Waals surface area contributed by atoms with E-state index in [0.717, 1.165) is 16.0 Å². The van der Waals surface area contributed by atoms with Crippen LogP contribution in [0.15, 0.2) is 45.7 Å². The molecular weight excluding hydrogens is 344 g/mol. The molecule has 5 nitrogen and oxygen atoms in total. The summed E-state index contributed by atoms with van der Waals surface area (Å²) >= 11 is 2.91. The topological polar surface area (TPSA) is 72.0 Å². The van der Waals surface area contributed by atoms with Crippen LogP contribution in [0.25, 0.3) is 21.3 Å². The minimum Gasteiger partial charge on any atom is -0.469 e. The smallest absolute Gasteiger partial charge is 0.305 e. The summed E-state index contributed by atoms with van der Waals surface area (Å²) in [6.45, 7) is 0. The lowest BCUT2D eigenvalue weighted by Gasteiger charge is -2.02. The first kappa shape index (κ1) is 16.7. The van der Waals surface area contributed by atoms with Crippen molar-refractivity contribution in [2.45, 2.75) is 18.0 Å². The lowest BCUT2D eigenvalue weighted by molar-refractivity contribution is -0.140. The van der Waals surface area contributed by atoms with Gasteiger partial charge in [0.15, 0.2) is 5.16 Å². The van der Waals surface area contributed by atoms with Crippen LogP contribution in [0.4, 0.5) is 0 Å². The first-order valence-electron chi connectivity index (χ1n) is 7.45. The Hall–Kier alpha value is -2.12. The number of nitrogens with one attached hydrogen (secondary N) is 1. The maximum atomic E-state index is 12.5. The summed E-state index contributed by atoms with van der Waals surface area (Å²) in [5, 5.41) is 3.18. The zero-order chi connectivity index (χ0) is 16.9. The Bertz CT molecular complexity index is 903. The summed E-state index contributed by atoms with van der Waals surface area (Å²) < 4.78 is 4.60. The number of aromatic nitrogens is 2. The van der Waals surface area contributed by atoms with Gasteiger partial charge in [0, 0.05) is 23.1 Å². The Morgan fingerprint density at radius 3 is 2.88 bits per heavy atom. The molecule has 24 heavy (non-hydrogen) atoms. The molecule has 0 saturated heterocycles. The number of hydrogen-bond acceptors (Lipinski definition) is 6. The number of rotatable bonds is 6. The lowest BCUT2D eigenvalue weighted by Crippen LogP contribution is -2.09. The minimum absolute atomic E-state index is 0.129. The van der Waals surface area contributed by atoms with Crippen LogP contribution in [0.5, 0.6) is 0 Å². The average molecular weight is 360 g/mol. The molecule has 3 aromatic rings. The third-order valence-corrected chi connectivity index (χ3v) is 5.33. The molecule has 0 aliphatic carbocycles. The van der Waals surface area contributed by atoms with Crippen molar-refractivity contribution in [1.82, 2.24) is 9.97 Å². The molecule has 0 amide bonds. The van der Waals surface area contributed by atoms with Crippen LogP contribution >= 0.6 is 23.1 Å². The standard InChI is InChI=1S/C17H16N2O3S2/c1-22-13(20)8-5-9-23-17-18-15(21)14-12(10-24-16(14)19-17)11-6-3-2-4-7-11/h2-4,6-7,10H,5,8-9H2,1H3,(H,18,19,21). The van der Waals surface area contributed by atoms with Gasteiger partial charge in [-0.2, -0.15) is 0 Å². The van der Waals surface area contributed by atoms with Gasteiger partial charge in [0.2, 0.25) is 0 Å². The second-order valence-corrected chi connectivity index (χ2v) is 7.04. The van der Waals surface area contributed by atoms with Gasteiger partial charge in [-0.15, -0.1) is 11.3 Å². The fourth-order valence-electron chi connectivity index (χ4n) is 2.32. The molecule has 2 aromatic heterocycles. The van der Waals surface area contributed by atoms with Crippen molar-refractivity contribution >= 4 is 39.3 Å². The highest BCUT2D eigenvalue weighted by molar-refractivity contribution is 7.99. The fraction of sp³-hybridized carbons (Fsp3) is 0.235. The maximum absolute atomic E-state index is 12.5. The van der Waals surface area contributed by atoms with Gasteiger partial charge >= 0.3 is 5.97 Å². The van der Waals surface area contributed by atoms with E-state index in [1.165, 1.54) is 30.2 Å². The molecule has 0 aliphatic rings. The second kappa shape index (κ2) is 7.63. The number of esters is 1. The fourth-order valence-corrected chi connectivity index (χ4v) is 4.12. The van der Waals surface area contributed by atoms with E-state index in [9.17, 15) is 9.59 Å². The summed E-state index contributed by atoms with van der Waals surface area (Å²) in [5.74, 6) is 0.471. The van der Waals surface area contributed by atoms with Crippen LogP contribution in [0.2, 0.25) is 0 Å². The Morgan fingerprint density at radius 1 is 1.33 bits per heavy atom. The van der Waals surface area contributed by atoms with E-state index >= 15 is 0 Å². The van der Waals surface area contributed by atoms with E-state index in [0.29, 0.717) is 29.1 Å². The van der Waals surface area contributed by atoms with Crippen molar-refractivity contribution in [3.05, 3.63) is 46.1 Å². The Kier molecular flexibility index (Phi) is 5.32. The van der Waals surface area contributed by atoms with Crippen LogP contribution in [0.1, 0.15) is 12.8 Å². The summed E-state index contributed by atoms with van der Waals surface area (Å²) in [5.41, 5.74) is 1.79. The van der Waals surface area contributed by atoms with Crippen LogP contribution < -0.4 is 5.56 Å². The normalized spacial score (nSPS) is 10.9. The Labute approximate surface area is 147 Å². The van der Waals surface area contributed by atoms with Crippen molar-refractivity contribution < 1.29 is 9.53 Å². The molecule has 1 N–H and O–H groups in total. The van der Waals surface area contributed by atoms with E-state index in [2.05, 4.69) is 14.7 Å². The summed E-state index contributed by atoms with van der Waals surface area (Å²) in [7, 11) is 1.38. The zero-order valence-corrected chi connectivity index (χ0v) is 14.7. The molecule has 0 aliphatic heterocycles. The first-order chi connectivity index (χ1) is 11.7. The van der Waals surface area contributed by atoms with E-state index < -0.39 is 0 Å². The Balaban J connectivity index is 1.80. The quantitative estimate of drug-likeness (QED) is 0.314. The van der Waals surface area contributed by atoms with Gasteiger partial charge in [0.05, 0.1) is 12.5 Å². The van der Waals surface area contributed by atoms with Crippen LogP contribution in [-0.2, 0) is 9.53 Å². The number of carbonyl (C=O) groups is 1. The monoisotopic (exact) mass is 360 g/mol. The van der Waals surface area contributed by atoms with Gasteiger partial charge in [0.1, 0.15) is 4.83 Å². The van der Waals surface area contributed by atoms with Crippen LogP contribution in [0, 0.1) is 0 Å². The van der Waals surface area contributed by atoms with Crippen LogP contribution in [0.3, 0.4) is 0 Å². The number of thioether (sulfide) groups is 1. The average Bonchev–Trinajstić information content (AvgIpc) is 3.04. The zero-order valence-electron chi connectivity index (χ0n) is 13.1. The van der Waals surface area contributed by atoms with Crippen molar-refractivity contribution in [2.24, 2.45) is 0 Å². The number of H-pyrrole nitrogens is 1. The summed E-state index contributed by atoms with van der Waals surface area (Å²) in [6, 6.07) is 9.81. The van der Waals surface area contributed by atoms with Crippen molar-refractivity contribution in [3.8, 4) is 11.1 Å². The van der Waals surface area contributed by atoms with Crippen LogP contribution in [-0.4, -0.2) is 28.8 Å². The van der Waals surface area contributed by atoms with Gasteiger partial charge in [-0.05, 0) is 12.0 Å². The Morgan fingerprint density at radius 2 is 2.12 bits per heavy atom. The predicted molar refractivity (Wildman–Crippen MR) is 97.7 cm³/mol. The molecule has 124 valence electrons. The molecule has 0 spiro atoms. The number of nitrogens with zero attached hydrogens (tertiary/aromatic N) is 1. The molecule has 2 heterocycles. The number of hydrogen-bond donors (Lipinski definition) is 1. The lowest BCUT2D eigenvalue weighted by atomic mass is 10.1. The van der Waals surface area contributed by atoms with Gasteiger partial charge in [-0.25, -0.2) is 4.98 Å².